The molecule has 0 fully saturated rings. The summed E-state index contributed by atoms with van der Waals surface area (Å²) >= 11 is 0. The Morgan fingerprint density at radius 1 is 1.09 bits per heavy atom. The van der Waals surface area contributed by atoms with Crippen molar-refractivity contribution >= 4 is 16.9 Å². The molecule has 4 nitrogen and oxygen atoms in total. The molecule has 0 amide bonds. The van der Waals surface area contributed by atoms with Crippen LogP contribution in [0.25, 0.3) is 22.2 Å². The Morgan fingerprint density at radius 3 is 2.83 bits per heavy atom. The van der Waals surface area contributed by atoms with Crippen LogP contribution in [0.2, 0.25) is 0 Å². The predicted molar refractivity (Wildman–Crippen MR) is 86.2 cm³/mol. The molecule has 2 heterocycles. The summed E-state index contributed by atoms with van der Waals surface area (Å²) in [6, 6.07) is 16.9. The quantitative estimate of drug-likeness (QED) is 0.530. The maximum Gasteiger partial charge on any atom is 0.338 e. The van der Waals surface area contributed by atoms with Crippen molar-refractivity contribution in [3.05, 3.63) is 78.3 Å². The third-order valence-electron chi connectivity index (χ3n) is 3.75. The lowest BCUT2D eigenvalue weighted by Gasteiger charge is -2.05. The molecule has 0 N–H and O–H groups in total. The number of carbonyl (C=O) groups excluding carboxylic acids is 1. The topological polar surface area (TPSA) is 52.3 Å². The van der Waals surface area contributed by atoms with Crippen LogP contribution >= 0.6 is 0 Å². The molecule has 0 bridgehead atoms. The van der Waals surface area contributed by atoms with Crippen LogP contribution in [0, 0.1) is 0 Å². The zero-order valence-electron chi connectivity index (χ0n) is 12.2. The van der Waals surface area contributed by atoms with Gasteiger partial charge in [-0.05, 0) is 23.8 Å². The largest absolute Gasteiger partial charge is 0.470 e. The molecule has 2 aliphatic heterocycles. The molecule has 0 radical (unpaired) electrons. The Morgan fingerprint density at radius 2 is 1.96 bits per heavy atom. The van der Waals surface area contributed by atoms with Gasteiger partial charge >= 0.3 is 5.97 Å². The van der Waals surface area contributed by atoms with Gasteiger partial charge in [-0.2, -0.15) is 0 Å². The fourth-order valence-electron chi connectivity index (χ4n) is 2.59. The highest BCUT2D eigenvalue weighted by molar-refractivity contribution is 6.01. The van der Waals surface area contributed by atoms with Gasteiger partial charge in [-0.15, -0.1) is 0 Å². The molecular formula is C19H13NO3. The number of carbonyl (C=O) groups is 1. The second-order valence-electron chi connectivity index (χ2n) is 5.26. The first-order valence-electron chi connectivity index (χ1n) is 7.28. The first kappa shape index (κ1) is 13.5. The molecule has 23 heavy (non-hydrogen) atoms. The highest BCUT2D eigenvalue weighted by Crippen LogP contribution is 2.31. The molecule has 0 atom stereocenters. The first-order chi connectivity index (χ1) is 11.3. The summed E-state index contributed by atoms with van der Waals surface area (Å²) in [5, 5.41) is 0.996. The Labute approximate surface area is 132 Å². The molecule has 0 spiro atoms. The molecule has 2 aromatic carbocycles. The molecule has 0 saturated heterocycles. The van der Waals surface area contributed by atoms with Crippen LogP contribution in [0.3, 0.4) is 0 Å². The van der Waals surface area contributed by atoms with E-state index in [4.69, 9.17) is 9.15 Å². The van der Waals surface area contributed by atoms with Crippen LogP contribution in [0.15, 0.2) is 71.5 Å². The summed E-state index contributed by atoms with van der Waals surface area (Å²) in [5.74, 6) is -0.354. The minimum atomic E-state index is -0.354. The Balaban J connectivity index is 1.60. The van der Waals surface area contributed by atoms with Crippen LogP contribution < -0.4 is 0 Å². The van der Waals surface area contributed by atoms with Crippen molar-refractivity contribution in [2.45, 2.75) is 6.61 Å². The van der Waals surface area contributed by atoms with Gasteiger partial charge in [0.1, 0.15) is 18.6 Å². The van der Waals surface area contributed by atoms with Crippen LogP contribution in [-0.4, -0.2) is 11.0 Å². The third-order valence-corrected chi connectivity index (χ3v) is 3.75. The number of rotatable bonds is 3. The Hall–Kier alpha value is -3.14. The number of hydrogen-bond acceptors (Lipinski definition) is 4. The lowest BCUT2D eigenvalue weighted by Crippen LogP contribution is -2.05. The van der Waals surface area contributed by atoms with E-state index in [1.54, 1.807) is 24.7 Å². The van der Waals surface area contributed by atoms with E-state index in [2.05, 4.69) is 4.98 Å². The minimum Gasteiger partial charge on any atom is -0.470 e. The number of benzene rings is 2. The number of fused-ring (bicyclic) bond motifs is 3. The van der Waals surface area contributed by atoms with E-state index < -0.39 is 0 Å². The predicted octanol–water partition coefficient (Wildman–Crippen LogP) is 4.29. The van der Waals surface area contributed by atoms with E-state index in [9.17, 15) is 4.79 Å². The first-order valence-corrected chi connectivity index (χ1v) is 7.28. The summed E-state index contributed by atoms with van der Waals surface area (Å²) in [5.41, 5.74) is 4.00. The summed E-state index contributed by atoms with van der Waals surface area (Å²) in [6.07, 6.45) is 3.22. The number of esters is 1. The van der Waals surface area contributed by atoms with Crippen LogP contribution in [0.5, 0.6) is 0 Å². The van der Waals surface area contributed by atoms with Gasteiger partial charge in [-0.25, -0.2) is 9.78 Å². The van der Waals surface area contributed by atoms with Crippen molar-refractivity contribution in [2.24, 2.45) is 0 Å². The van der Waals surface area contributed by atoms with E-state index in [1.807, 2.05) is 42.5 Å². The molecule has 4 heteroatoms. The average Bonchev–Trinajstić information content (AvgIpc) is 2.98. The van der Waals surface area contributed by atoms with E-state index in [1.165, 1.54) is 0 Å². The second kappa shape index (κ2) is 5.57. The minimum absolute atomic E-state index is 0.257. The monoisotopic (exact) mass is 303 g/mol. The van der Waals surface area contributed by atoms with Gasteiger partial charge < -0.3 is 9.15 Å². The molecule has 112 valence electrons. The SMILES string of the molecule is O=C(OCc1ccccc1)c1ccc2c3ccocc-3nc2c1. The van der Waals surface area contributed by atoms with Crippen LogP contribution in [-0.2, 0) is 11.3 Å². The standard InChI is InChI=1S/C19H13NO3/c21-19(23-11-13-4-2-1-3-5-13)14-6-7-15-16-8-9-22-12-18(16)20-17(15)10-14/h1-10,12H,11H2. The maximum absolute atomic E-state index is 12.2. The van der Waals surface area contributed by atoms with Gasteiger partial charge in [-0.3, -0.25) is 0 Å². The van der Waals surface area contributed by atoms with Gasteiger partial charge in [0.15, 0.2) is 0 Å². The van der Waals surface area contributed by atoms with E-state index in [-0.39, 0.29) is 12.6 Å². The van der Waals surface area contributed by atoms with E-state index >= 15 is 0 Å². The fourth-order valence-corrected chi connectivity index (χ4v) is 2.59. The Bertz CT molecular complexity index is 943. The Kier molecular flexibility index (Phi) is 3.27. The average molecular weight is 303 g/mol. The van der Waals surface area contributed by atoms with Crippen molar-refractivity contribution in [1.29, 1.82) is 0 Å². The van der Waals surface area contributed by atoms with Crippen molar-refractivity contribution in [3.63, 3.8) is 0 Å². The summed E-state index contributed by atoms with van der Waals surface area (Å²) < 4.78 is 10.5. The normalized spacial score (nSPS) is 11.0. The highest BCUT2D eigenvalue weighted by atomic mass is 16.5. The second-order valence-corrected chi connectivity index (χ2v) is 5.26. The molecule has 4 rings (SSSR count). The molecule has 0 saturated carbocycles. The number of hydrogen-bond donors (Lipinski definition) is 0. The maximum atomic E-state index is 12.2. The summed E-state index contributed by atoms with van der Waals surface area (Å²) in [4.78, 5) is 16.7. The zero-order valence-corrected chi connectivity index (χ0v) is 12.2. The van der Waals surface area contributed by atoms with Crippen LogP contribution in [0.1, 0.15) is 15.9 Å². The molecular weight excluding hydrogens is 290 g/mol. The summed E-state index contributed by atoms with van der Waals surface area (Å²) in [7, 11) is 0. The lowest BCUT2D eigenvalue weighted by molar-refractivity contribution is 0.0473. The van der Waals surface area contributed by atoms with Crippen molar-refractivity contribution < 1.29 is 13.9 Å². The fraction of sp³-hybridized carbons (Fsp3) is 0.0526. The lowest BCUT2D eigenvalue weighted by atomic mass is 10.1. The third kappa shape index (κ3) is 2.55. The molecule has 0 unspecified atom stereocenters. The van der Waals surface area contributed by atoms with Crippen LogP contribution in [0.4, 0.5) is 0 Å². The number of aromatic nitrogens is 1. The van der Waals surface area contributed by atoms with Gasteiger partial charge in [0.25, 0.3) is 0 Å². The van der Waals surface area contributed by atoms with E-state index in [0.29, 0.717) is 5.56 Å². The van der Waals surface area contributed by atoms with Crippen molar-refractivity contribution in [3.8, 4) is 11.3 Å². The summed E-state index contributed by atoms with van der Waals surface area (Å²) in [6.45, 7) is 0.257. The molecule has 0 aromatic heterocycles. The van der Waals surface area contributed by atoms with Gasteiger partial charge in [-0.1, -0.05) is 36.4 Å². The van der Waals surface area contributed by atoms with Gasteiger partial charge in [0, 0.05) is 10.9 Å². The number of ether oxygens (including phenoxy) is 1. The molecule has 0 aliphatic carbocycles. The molecule has 2 aromatic rings. The van der Waals surface area contributed by atoms with Gasteiger partial charge in [0.2, 0.25) is 0 Å². The number of nitrogens with zero attached hydrogens (tertiary/aromatic N) is 1. The van der Waals surface area contributed by atoms with E-state index in [0.717, 1.165) is 27.7 Å². The highest BCUT2D eigenvalue weighted by Gasteiger charge is 2.15. The zero-order chi connectivity index (χ0) is 15.6. The van der Waals surface area contributed by atoms with Crippen molar-refractivity contribution in [1.82, 2.24) is 4.98 Å². The van der Waals surface area contributed by atoms with Crippen molar-refractivity contribution in [2.75, 3.05) is 0 Å². The molecule has 2 aliphatic rings. The smallest absolute Gasteiger partial charge is 0.338 e. The van der Waals surface area contributed by atoms with Gasteiger partial charge in [0.05, 0.1) is 17.3 Å².